The Labute approximate surface area is 114 Å². The molecule has 6 heteroatoms. The molecule has 0 aliphatic heterocycles. The summed E-state index contributed by atoms with van der Waals surface area (Å²) in [4.78, 5) is 14.5. The Morgan fingerprint density at radius 2 is 2.47 bits per heavy atom. The third-order valence-electron chi connectivity index (χ3n) is 2.35. The maximum atomic E-state index is 11.9. The highest BCUT2D eigenvalue weighted by Gasteiger charge is 2.16. The third kappa shape index (κ3) is 3.44. The molecule has 98 valence electrons. The summed E-state index contributed by atoms with van der Waals surface area (Å²) in [6.45, 7) is 0.320. The van der Waals surface area contributed by atoms with Crippen LogP contribution in [-0.4, -0.2) is 34.7 Å². The molecule has 5 nitrogen and oxygen atoms in total. The number of nitrogens with zero attached hydrogens (tertiary/aromatic N) is 2. The first kappa shape index (κ1) is 13.3. The van der Waals surface area contributed by atoms with E-state index in [9.17, 15) is 4.79 Å². The zero-order valence-corrected chi connectivity index (χ0v) is 11.1. The number of carbonyl (C=O) groups is 1. The normalized spacial score (nSPS) is 9.79. The van der Waals surface area contributed by atoms with Crippen molar-refractivity contribution in [2.45, 2.75) is 6.54 Å². The van der Waals surface area contributed by atoms with Crippen LogP contribution in [0.4, 0.5) is 0 Å². The molecule has 0 aromatic carbocycles. The van der Waals surface area contributed by atoms with Gasteiger partial charge in [-0.15, -0.1) is 11.3 Å². The Kier molecular flexibility index (Phi) is 4.34. The average molecular weight is 276 g/mol. The van der Waals surface area contributed by atoms with Crippen molar-refractivity contribution in [2.75, 3.05) is 13.7 Å². The molecule has 2 heterocycles. The van der Waals surface area contributed by atoms with Crippen LogP contribution < -0.4 is 0 Å². The average Bonchev–Trinajstić information content (AvgIpc) is 3.06. The van der Waals surface area contributed by atoms with Crippen molar-refractivity contribution >= 4 is 17.2 Å². The number of aliphatic hydroxyl groups is 1. The molecule has 0 aliphatic rings. The fourth-order valence-corrected chi connectivity index (χ4v) is 2.36. The van der Waals surface area contributed by atoms with Gasteiger partial charge in [0.25, 0.3) is 5.91 Å². The largest absolute Gasteiger partial charge is 0.384 e. The summed E-state index contributed by atoms with van der Waals surface area (Å²) in [7, 11) is 1.70. The number of rotatable bonds is 3. The molecule has 19 heavy (non-hydrogen) atoms. The van der Waals surface area contributed by atoms with Crippen molar-refractivity contribution in [3.8, 4) is 11.8 Å². The molecular weight excluding hydrogens is 264 g/mol. The molecule has 0 bridgehead atoms. The van der Waals surface area contributed by atoms with Crippen LogP contribution in [-0.2, 0) is 6.54 Å². The fourth-order valence-electron chi connectivity index (χ4n) is 1.49. The van der Waals surface area contributed by atoms with E-state index in [1.165, 1.54) is 23.6 Å². The van der Waals surface area contributed by atoms with Crippen LogP contribution in [0.2, 0.25) is 0 Å². The second kappa shape index (κ2) is 6.18. The van der Waals surface area contributed by atoms with E-state index in [2.05, 4.69) is 17.0 Å². The van der Waals surface area contributed by atoms with Crippen LogP contribution in [0.25, 0.3) is 0 Å². The van der Waals surface area contributed by atoms with Crippen molar-refractivity contribution in [3.05, 3.63) is 39.9 Å². The van der Waals surface area contributed by atoms with Gasteiger partial charge in [0.05, 0.1) is 12.7 Å². The number of aliphatic hydroxyl groups excluding tert-OH is 1. The Morgan fingerprint density at radius 3 is 3.16 bits per heavy atom. The molecule has 0 saturated carbocycles. The number of carbonyl (C=O) groups excluding carboxylic acids is 1. The first-order valence-electron chi connectivity index (χ1n) is 5.54. The number of hydrogen-bond donors (Lipinski definition) is 1. The summed E-state index contributed by atoms with van der Waals surface area (Å²) in [5, 5.41) is 14.0. The lowest BCUT2D eigenvalue weighted by Crippen LogP contribution is -2.25. The Bertz CT molecular complexity index is 607. The summed E-state index contributed by atoms with van der Waals surface area (Å²) < 4.78 is 4.82. The van der Waals surface area contributed by atoms with Crippen molar-refractivity contribution in [2.24, 2.45) is 0 Å². The molecule has 0 spiro atoms. The number of thiophene rings is 1. The van der Waals surface area contributed by atoms with Crippen LogP contribution in [0.3, 0.4) is 0 Å². The molecule has 2 aromatic heterocycles. The second-order valence-electron chi connectivity index (χ2n) is 3.80. The highest BCUT2D eigenvalue weighted by Crippen LogP contribution is 2.16. The van der Waals surface area contributed by atoms with E-state index in [4.69, 9.17) is 9.63 Å². The highest BCUT2D eigenvalue weighted by molar-refractivity contribution is 7.10. The minimum Gasteiger partial charge on any atom is -0.384 e. The lowest BCUT2D eigenvalue weighted by atomic mass is 10.3. The molecule has 0 unspecified atom stereocenters. The van der Waals surface area contributed by atoms with Crippen molar-refractivity contribution in [3.63, 3.8) is 0 Å². The molecule has 0 saturated heterocycles. The van der Waals surface area contributed by atoms with Gasteiger partial charge in [0.1, 0.15) is 6.61 Å². The minimum atomic E-state index is -0.214. The number of hydrogen-bond acceptors (Lipinski definition) is 5. The van der Waals surface area contributed by atoms with Gasteiger partial charge in [0.15, 0.2) is 0 Å². The van der Waals surface area contributed by atoms with Crippen LogP contribution in [0.1, 0.15) is 21.0 Å². The zero-order valence-electron chi connectivity index (χ0n) is 10.3. The van der Waals surface area contributed by atoms with E-state index in [-0.39, 0.29) is 18.3 Å². The quantitative estimate of drug-likeness (QED) is 0.859. The smallest absolute Gasteiger partial charge is 0.292 e. The first-order valence-corrected chi connectivity index (χ1v) is 6.42. The molecular formula is C13H12N2O3S. The molecule has 1 amide bonds. The van der Waals surface area contributed by atoms with E-state index < -0.39 is 0 Å². The van der Waals surface area contributed by atoms with Gasteiger partial charge >= 0.3 is 0 Å². The molecule has 0 radical (unpaired) electrons. The van der Waals surface area contributed by atoms with Crippen LogP contribution in [0.5, 0.6) is 0 Å². The summed E-state index contributed by atoms with van der Waals surface area (Å²) >= 11 is 1.52. The highest BCUT2D eigenvalue weighted by atomic mass is 32.1. The molecule has 2 rings (SSSR count). The standard InChI is InChI=1S/C13H12N2O3S/c1-15(13(17)12-4-5-14-18-12)8-11-7-10(9-19-11)3-2-6-16/h4-5,7,9,16H,6,8H2,1H3. The van der Waals surface area contributed by atoms with Crippen molar-refractivity contribution < 1.29 is 14.4 Å². The van der Waals surface area contributed by atoms with Gasteiger partial charge in [-0.1, -0.05) is 17.0 Å². The maximum Gasteiger partial charge on any atom is 0.292 e. The predicted octanol–water partition coefficient (Wildman–Crippen LogP) is 1.35. The van der Waals surface area contributed by atoms with Gasteiger partial charge in [-0.2, -0.15) is 0 Å². The zero-order chi connectivity index (χ0) is 13.7. The SMILES string of the molecule is CN(Cc1cc(C#CCO)cs1)C(=O)c1ccno1. The van der Waals surface area contributed by atoms with E-state index in [0.717, 1.165) is 10.4 Å². The van der Waals surface area contributed by atoms with E-state index >= 15 is 0 Å². The number of amides is 1. The monoisotopic (exact) mass is 276 g/mol. The Morgan fingerprint density at radius 1 is 1.63 bits per heavy atom. The lowest BCUT2D eigenvalue weighted by Gasteiger charge is -2.13. The molecule has 0 aliphatic carbocycles. The van der Waals surface area contributed by atoms with Crippen molar-refractivity contribution in [1.29, 1.82) is 0 Å². The maximum absolute atomic E-state index is 11.9. The van der Waals surface area contributed by atoms with Crippen LogP contribution >= 0.6 is 11.3 Å². The third-order valence-corrected chi connectivity index (χ3v) is 3.28. The van der Waals surface area contributed by atoms with Gasteiger partial charge in [0.2, 0.25) is 5.76 Å². The topological polar surface area (TPSA) is 66.6 Å². The fraction of sp³-hybridized carbons (Fsp3) is 0.231. The van der Waals surface area contributed by atoms with Crippen molar-refractivity contribution in [1.82, 2.24) is 10.1 Å². The number of aromatic nitrogens is 1. The molecule has 2 aromatic rings. The summed E-state index contributed by atoms with van der Waals surface area (Å²) in [5.74, 6) is 5.42. The van der Waals surface area contributed by atoms with E-state index in [1.54, 1.807) is 11.9 Å². The van der Waals surface area contributed by atoms with Gasteiger partial charge in [0, 0.05) is 28.9 Å². The first-order chi connectivity index (χ1) is 9.20. The summed E-state index contributed by atoms with van der Waals surface area (Å²) in [6.07, 6.45) is 1.44. The molecule has 0 fully saturated rings. The van der Waals surface area contributed by atoms with Crippen LogP contribution in [0, 0.1) is 11.8 Å². The summed E-state index contributed by atoms with van der Waals surface area (Å²) in [5.41, 5.74) is 0.842. The minimum absolute atomic E-state index is 0.158. The van der Waals surface area contributed by atoms with Gasteiger partial charge in [-0.3, -0.25) is 4.79 Å². The van der Waals surface area contributed by atoms with Gasteiger partial charge < -0.3 is 14.5 Å². The van der Waals surface area contributed by atoms with Gasteiger partial charge in [-0.25, -0.2) is 0 Å². The Balaban J connectivity index is 2.01. The van der Waals surface area contributed by atoms with Gasteiger partial charge in [-0.05, 0) is 6.07 Å². The lowest BCUT2D eigenvalue weighted by molar-refractivity contribution is 0.0745. The van der Waals surface area contributed by atoms with E-state index in [1.807, 2.05) is 11.4 Å². The second-order valence-corrected chi connectivity index (χ2v) is 4.80. The van der Waals surface area contributed by atoms with E-state index in [0.29, 0.717) is 6.54 Å². The molecule has 1 N–H and O–H groups in total. The Hall–Kier alpha value is -2.10. The van der Waals surface area contributed by atoms with Crippen LogP contribution in [0.15, 0.2) is 28.2 Å². The summed E-state index contributed by atoms with van der Waals surface area (Å²) in [6, 6.07) is 3.43. The molecule has 0 atom stereocenters. The predicted molar refractivity (Wildman–Crippen MR) is 70.6 cm³/mol.